The van der Waals surface area contributed by atoms with E-state index in [1.807, 2.05) is 30.3 Å². The molecule has 0 aliphatic heterocycles. The average Bonchev–Trinajstić information content (AvgIpc) is 2.67. The molecule has 0 saturated carbocycles. The summed E-state index contributed by atoms with van der Waals surface area (Å²) in [7, 11) is -4.94. The van der Waals surface area contributed by atoms with E-state index in [4.69, 9.17) is 23.1 Å². The fourth-order valence-electron chi connectivity index (χ4n) is 2.94. The first-order valence-electron chi connectivity index (χ1n) is 8.55. The molecule has 0 saturated heterocycles. The van der Waals surface area contributed by atoms with Crippen molar-refractivity contribution in [2.75, 3.05) is 0 Å². The van der Waals surface area contributed by atoms with Gasteiger partial charge in [-0.25, -0.2) is 23.1 Å². The predicted molar refractivity (Wildman–Crippen MR) is 97.9 cm³/mol. The summed E-state index contributed by atoms with van der Waals surface area (Å²) in [5.41, 5.74) is 5.20. The molecule has 4 aromatic rings. The van der Waals surface area contributed by atoms with E-state index < -0.39 is 10.2 Å². The monoisotopic (exact) mass is 412 g/mol. The van der Waals surface area contributed by atoms with Crippen LogP contribution in [0.4, 0.5) is 0 Å². The summed E-state index contributed by atoms with van der Waals surface area (Å²) in [4.78, 5) is 0. The Morgan fingerprint density at radius 1 is 0.724 bits per heavy atom. The maximum absolute atomic E-state index is 9.69. The minimum atomic E-state index is -4.94. The van der Waals surface area contributed by atoms with Crippen LogP contribution in [-0.4, -0.2) is 5.11 Å². The molecule has 0 amide bonds. The van der Waals surface area contributed by atoms with Crippen LogP contribution in [0.5, 0.6) is 5.75 Å². The van der Waals surface area contributed by atoms with Crippen molar-refractivity contribution in [3.8, 4) is 28.2 Å². The molecule has 0 atom stereocenters. The minimum Gasteiger partial charge on any atom is -0.508 e. The van der Waals surface area contributed by atoms with Gasteiger partial charge < -0.3 is 5.11 Å². The van der Waals surface area contributed by atoms with Crippen LogP contribution >= 0.6 is 0 Å². The summed E-state index contributed by atoms with van der Waals surface area (Å²) in [6.07, 6.45) is 0. The highest BCUT2D eigenvalue weighted by Crippen LogP contribution is 2.30. The Kier molecular flexibility index (Phi) is 6.12. The van der Waals surface area contributed by atoms with Crippen molar-refractivity contribution in [1.82, 2.24) is 0 Å². The molecule has 6 nitrogen and oxygen atoms in total. The Morgan fingerprint density at radius 2 is 1.28 bits per heavy atom. The zero-order valence-electron chi connectivity index (χ0n) is 15.4. The van der Waals surface area contributed by atoms with Crippen LogP contribution in [0.25, 0.3) is 33.4 Å². The second-order valence-corrected chi connectivity index (χ2v) is 7.05. The van der Waals surface area contributed by atoms with Crippen molar-refractivity contribution in [2.45, 2.75) is 6.92 Å². The molecule has 29 heavy (non-hydrogen) atoms. The second-order valence-electron chi connectivity index (χ2n) is 6.30. The fraction of sp³-hybridized carbons (Fsp3) is 0.0455. The molecule has 1 heterocycles. The van der Waals surface area contributed by atoms with Gasteiger partial charge in [0.25, 0.3) is 0 Å². The Hall–Kier alpha value is -3.00. The van der Waals surface area contributed by atoms with Crippen molar-refractivity contribution in [1.29, 1.82) is 0 Å². The fourth-order valence-corrected chi connectivity index (χ4v) is 2.94. The number of hydrogen-bond donors (Lipinski definition) is 1. The summed E-state index contributed by atoms with van der Waals surface area (Å²) in [6.45, 7) is 2.05. The summed E-state index contributed by atoms with van der Waals surface area (Å²) in [5, 5.41) is 10.7. The van der Waals surface area contributed by atoms with Gasteiger partial charge >= 0.3 is 11.3 Å². The molecule has 0 unspecified atom stereocenters. The predicted octanol–water partition coefficient (Wildman–Crippen LogP) is 1.31. The SMILES string of the molecule is Cc1cc(-c2ccc(-c3ccccc3)cc2)[o+]c2cc(O)ccc12.[O-][Cl+3]([O-])([O-])[O-]. The van der Waals surface area contributed by atoms with Crippen LogP contribution in [0.2, 0.25) is 0 Å². The quantitative estimate of drug-likeness (QED) is 0.495. The van der Waals surface area contributed by atoms with Crippen LogP contribution in [-0.2, 0) is 0 Å². The Bertz CT molecular complexity index is 1100. The van der Waals surface area contributed by atoms with Crippen LogP contribution in [0.1, 0.15) is 5.56 Å². The van der Waals surface area contributed by atoms with E-state index in [1.165, 1.54) is 11.1 Å². The lowest BCUT2D eigenvalue weighted by Gasteiger charge is -2.17. The lowest BCUT2D eigenvalue weighted by atomic mass is 10.0. The van der Waals surface area contributed by atoms with Crippen molar-refractivity contribution in [3.63, 3.8) is 0 Å². The number of aromatic hydroxyl groups is 1. The molecule has 3 aromatic carbocycles. The molecule has 148 valence electrons. The van der Waals surface area contributed by atoms with Gasteiger partial charge in [-0.15, -0.1) is 10.2 Å². The third-order valence-electron chi connectivity index (χ3n) is 4.23. The lowest BCUT2D eigenvalue weighted by Crippen LogP contribution is -2.68. The van der Waals surface area contributed by atoms with Gasteiger partial charge in [0.05, 0.1) is 17.0 Å². The standard InChI is InChI=1S/C22H16O2.ClHO4/c1-15-13-21(24-22-14-19(23)11-12-20(15)22)18-9-7-17(8-10-18)16-5-3-2-4-6-16;2-1(3,4)5/h2-14H,1H3;(H,2,3,4,5). The van der Waals surface area contributed by atoms with Gasteiger partial charge in [-0.2, -0.15) is 0 Å². The summed E-state index contributed by atoms with van der Waals surface area (Å²) in [5.74, 6) is 1.01. The van der Waals surface area contributed by atoms with Crippen molar-refractivity contribution >= 4 is 11.0 Å². The van der Waals surface area contributed by atoms with Gasteiger partial charge in [0, 0.05) is 6.07 Å². The number of fused-ring (bicyclic) bond motifs is 1. The highest BCUT2D eigenvalue weighted by atomic mass is 35.7. The summed E-state index contributed by atoms with van der Waals surface area (Å²) < 4.78 is 40.0. The largest absolute Gasteiger partial charge is 0.508 e. The van der Waals surface area contributed by atoms with Crippen LogP contribution in [0, 0.1) is 17.2 Å². The third-order valence-corrected chi connectivity index (χ3v) is 4.23. The van der Waals surface area contributed by atoms with Gasteiger partial charge in [0.2, 0.25) is 0 Å². The molecular formula is C22H17ClO6. The summed E-state index contributed by atoms with van der Waals surface area (Å²) >= 11 is 0. The zero-order chi connectivity index (χ0) is 21.0. The second kappa shape index (κ2) is 8.57. The van der Waals surface area contributed by atoms with E-state index >= 15 is 0 Å². The van der Waals surface area contributed by atoms with E-state index in [0.717, 1.165) is 22.3 Å². The number of rotatable bonds is 2. The van der Waals surface area contributed by atoms with E-state index in [1.54, 1.807) is 12.1 Å². The first-order valence-corrected chi connectivity index (χ1v) is 9.78. The zero-order valence-corrected chi connectivity index (χ0v) is 16.1. The summed E-state index contributed by atoms with van der Waals surface area (Å²) in [6, 6.07) is 25.9. The number of phenolic OH excluding ortho intramolecular Hbond substituents is 1. The number of hydrogen-bond acceptors (Lipinski definition) is 5. The molecule has 4 rings (SSSR count). The molecule has 0 bridgehead atoms. The van der Waals surface area contributed by atoms with Crippen LogP contribution < -0.4 is 18.6 Å². The maximum atomic E-state index is 9.69. The Morgan fingerprint density at radius 3 is 1.90 bits per heavy atom. The lowest BCUT2D eigenvalue weighted by molar-refractivity contribution is -2.00. The molecule has 1 aromatic heterocycles. The molecular weight excluding hydrogens is 396 g/mol. The van der Waals surface area contributed by atoms with Crippen LogP contribution in [0.3, 0.4) is 0 Å². The van der Waals surface area contributed by atoms with Crippen molar-refractivity contribution in [3.05, 3.63) is 84.4 Å². The number of benzene rings is 3. The molecule has 0 spiro atoms. The highest BCUT2D eigenvalue weighted by molar-refractivity contribution is 5.83. The Labute approximate surface area is 169 Å². The molecule has 0 radical (unpaired) electrons. The van der Waals surface area contributed by atoms with Crippen molar-refractivity contribution < 1.29 is 38.4 Å². The number of phenols is 1. The topological polar surface area (TPSA) is 124 Å². The maximum Gasteiger partial charge on any atom is 0.364 e. The van der Waals surface area contributed by atoms with Gasteiger partial charge in [-0.1, -0.05) is 42.5 Å². The Balaban J connectivity index is 0.000000431. The minimum absolute atomic E-state index is 0.210. The van der Waals surface area contributed by atoms with Gasteiger partial charge in [0.1, 0.15) is 5.75 Å². The molecule has 7 heteroatoms. The van der Waals surface area contributed by atoms with Gasteiger partial charge in [-0.3, -0.25) is 0 Å². The smallest absolute Gasteiger partial charge is 0.364 e. The normalized spacial score (nSPS) is 11.1. The number of aryl methyl sites for hydroxylation is 1. The molecule has 1 N–H and O–H groups in total. The first-order chi connectivity index (χ1) is 13.7. The third kappa shape index (κ3) is 5.74. The van der Waals surface area contributed by atoms with Crippen molar-refractivity contribution in [2.24, 2.45) is 0 Å². The van der Waals surface area contributed by atoms with Gasteiger partial charge in [0.15, 0.2) is 0 Å². The van der Waals surface area contributed by atoms with Crippen LogP contribution in [0.15, 0.2) is 83.3 Å². The molecule has 0 aliphatic carbocycles. The van der Waals surface area contributed by atoms with Gasteiger partial charge in [-0.05, 0) is 47.9 Å². The van der Waals surface area contributed by atoms with E-state index in [-0.39, 0.29) is 5.75 Å². The molecule has 0 fully saturated rings. The molecule has 0 aliphatic rings. The average molecular weight is 413 g/mol. The first kappa shape index (κ1) is 20.7. The van der Waals surface area contributed by atoms with E-state index in [2.05, 4.69) is 43.3 Å². The highest BCUT2D eigenvalue weighted by Gasteiger charge is 2.17. The van der Waals surface area contributed by atoms with E-state index in [9.17, 15) is 5.11 Å². The van der Waals surface area contributed by atoms with E-state index in [0.29, 0.717) is 5.58 Å². The number of halogens is 1.